The van der Waals surface area contributed by atoms with Gasteiger partial charge in [0.25, 0.3) is 5.91 Å². The molecule has 2 N–H and O–H groups in total. The minimum absolute atomic E-state index is 0.00648. The molecule has 25 heavy (non-hydrogen) atoms. The molecular formula is C19H20N2O4. The molecule has 0 unspecified atom stereocenters. The molecule has 2 rings (SSSR count). The Kier molecular flexibility index (Phi) is 6.71. The van der Waals surface area contributed by atoms with Gasteiger partial charge in [0.1, 0.15) is 0 Å². The minimum Gasteiger partial charge on any atom is -0.456 e. The lowest BCUT2D eigenvalue weighted by Gasteiger charge is -2.08. The van der Waals surface area contributed by atoms with E-state index in [9.17, 15) is 14.4 Å². The first-order valence-electron chi connectivity index (χ1n) is 7.90. The molecule has 0 aliphatic rings. The van der Waals surface area contributed by atoms with Gasteiger partial charge in [-0.25, -0.2) is 0 Å². The van der Waals surface area contributed by atoms with Crippen molar-refractivity contribution in [3.63, 3.8) is 0 Å². The summed E-state index contributed by atoms with van der Waals surface area (Å²) in [6.45, 7) is 1.50. The number of benzene rings is 2. The smallest absolute Gasteiger partial charge is 0.306 e. The first-order valence-corrected chi connectivity index (χ1v) is 7.90. The molecule has 0 spiro atoms. The Balaban J connectivity index is 1.67. The Bertz CT molecular complexity index is 744. The second-order valence-corrected chi connectivity index (χ2v) is 5.44. The molecule has 0 atom stereocenters. The molecule has 0 aliphatic heterocycles. The summed E-state index contributed by atoms with van der Waals surface area (Å²) < 4.78 is 4.87. The fourth-order valence-electron chi connectivity index (χ4n) is 2.08. The van der Waals surface area contributed by atoms with E-state index in [2.05, 4.69) is 10.6 Å². The number of hydrogen-bond donors (Lipinski definition) is 2. The predicted molar refractivity (Wildman–Crippen MR) is 95.1 cm³/mol. The van der Waals surface area contributed by atoms with E-state index in [1.807, 2.05) is 31.2 Å². The van der Waals surface area contributed by atoms with Crippen LogP contribution < -0.4 is 10.6 Å². The van der Waals surface area contributed by atoms with E-state index in [4.69, 9.17) is 4.74 Å². The molecule has 6 heteroatoms. The van der Waals surface area contributed by atoms with Gasteiger partial charge in [-0.05, 0) is 30.7 Å². The molecule has 0 saturated carbocycles. The van der Waals surface area contributed by atoms with Crippen LogP contribution in [0.1, 0.15) is 18.4 Å². The van der Waals surface area contributed by atoms with Gasteiger partial charge in [0, 0.05) is 17.8 Å². The Morgan fingerprint density at radius 1 is 0.840 bits per heavy atom. The summed E-state index contributed by atoms with van der Waals surface area (Å²) in [7, 11) is 0. The third-order valence-corrected chi connectivity index (χ3v) is 3.40. The maximum Gasteiger partial charge on any atom is 0.306 e. The van der Waals surface area contributed by atoms with Crippen molar-refractivity contribution < 1.29 is 19.1 Å². The van der Waals surface area contributed by atoms with Gasteiger partial charge in [-0.15, -0.1) is 0 Å². The zero-order valence-electron chi connectivity index (χ0n) is 14.0. The van der Waals surface area contributed by atoms with Crippen molar-refractivity contribution in [1.82, 2.24) is 0 Å². The molecule has 0 fully saturated rings. The highest BCUT2D eigenvalue weighted by Gasteiger charge is 2.11. The summed E-state index contributed by atoms with van der Waals surface area (Å²) in [4.78, 5) is 35.2. The summed E-state index contributed by atoms with van der Waals surface area (Å²) in [6, 6.07) is 16.2. The van der Waals surface area contributed by atoms with Crippen LogP contribution in [0.5, 0.6) is 0 Å². The van der Waals surface area contributed by atoms with Crippen molar-refractivity contribution in [1.29, 1.82) is 0 Å². The van der Waals surface area contributed by atoms with Crippen LogP contribution in [0.4, 0.5) is 11.4 Å². The maximum absolute atomic E-state index is 11.9. The summed E-state index contributed by atoms with van der Waals surface area (Å²) in [5.41, 5.74) is 2.28. The number of aryl methyl sites for hydroxylation is 1. The highest BCUT2D eigenvalue weighted by Crippen LogP contribution is 2.13. The summed E-state index contributed by atoms with van der Waals surface area (Å²) in [5, 5.41) is 5.34. The van der Waals surface area contributed by atoms with Crippen LogP contribution in [0.2, 0.25) is 0 Å². The molecule has 0 bridgehead atoms. The second-order valence-electron chi connectivity index (χ2n) is 5.44. The zero-order chi connectivity index (χ0) is 18.1. The van der Waals surface area contributed by atoms with Crippen LogP contribution in [-0.4, -0.2) is 24.4 Å². The van der Waals surface area contributed by atoms with E-state index in [0.29, 0.717) is 11.4 Å². The number of carbonyl (C=O) groups is 3. The van der Waals surface area contributed by atoms with Crippen molar-refractivity contribution in [2.24, 2.45) is 0 Å². The third-order valence-electron chi connectivity index (χ3n) is 3.40. The lowest BCUT2D eigenvalue weighted by atomic mass is 10.2. The van der Waals surface area contributed by atoms with E-state index in [-0.39, 0.29) is 25.4 Å². The van der Waals surface area contributed by atoms with Crippen molar-refractivity contribution >= 4 is 29.2 Å². The van der Waals surface area contributed by atoms with Crippen molar-refractivity contribution in [2.75, 3.05) is 17.2 Å². The Labute approximate surface area is 146 Å². The first kappa shape index (κ1) is 18.2. The Morgan fingerprint density at radius 2 is 1.52 bits per heavy atom. The molecule has 2 aromatic carbocycles. The first-order chi connectivity index (χ1) is 12.0. The number of anilines is 2. The average molecular weight is 340 g/mol. The van der Waals surface area contributed by atoms with Crippen LogP contribution in [0.3, 0.4) is 0 Å². The summed E-state index contributed by atoms with van der Waals surface area (Å²) in [5.74, 6) is -1.30. The standard InChI is InChI=1S/C19H20N2O4/c1-14-7-5-6-10-16(14)21-17(22)11-12-19(24)25-13-18(23)20-15-8-3-2-4-9-15/h2-10H,11-13H2,1H3,(H,20,23)(H,21,22). The van der Waals surface area contributed by atoms with E-state index >= 15 is 0 Å². The minimum atomic E-state index is -0.594. The number of carbonyl (C=O) groups excluding carboxylic acids is 3. The van der Waals surface area contributed by atoms with Gasteiger partial charge in [0.2, 0.25) is 5.91 Å². The van der Waals surface area contributed by atoms with Gasteiger partial charge in [0.15, 0.2) is 6.61 Å². The summed E-state index contributed by atoms with van der Waals surface area (Å²) >= 11 is 0. The molecule has 0 heterocycles. The van der Waals surface area contributed by atoms with Crippen molar-refractivity contribution in [2.45, 2.75) is 19.8 Å². The van der Waals surface area contributed by atoms with Gasteiger partial charge < -0.3 is 15.4 Å². The van der Waals surface area contributed by atoms with E-state index in [1.54, 1.807) is 30.3 Å². The average Bonchev–Trinajstić information content (AvgIpc) is 2.61. The van der Waals surface area contributed by atoms with E-state index in [1.165, 1.54) is 0 Å². The number of nitrogens with one attached hydrogen (secondary N) is 2. The normalized spacial score (nSPS) is 9.96. The number of esters is 1. The van der Waals surface area contributed by atoms with Crippen LogP contribution >= 0.6 is 0 Å². The molecule has 0 aromatic heterocycles. The van der Waals surface area contributed by atoms with E-state index in [0.717, 1.165) is 5.56 Å². The third kappa shape index (κ3) is 6.47. The lowest BCUT2D eigenvalue weighted by Crippen LogP contribution is -2.21. The number of amides is 2. The van der Waals surface area contributed by atoms with Crippen LogP contribution in [-0.2, 0) is 19.1 Å². The monoisotopic (exact) mass is 340 g/mol. The SMILES string of the molecule is Cc1ccccc1NC(=O)CCC(=O)OCC(=O)Nc1ccccc1. The molecule has 6 nitrogen and oxygen atoms in total. The molecule has 0 aliphatic carbocycles. The quantitative estimate of drug-likeness (QED) is 0.759. The molecule has 0 saturated heterocycles. The molecule has 2 aromatic rings. The van der Waals surface area contributed by atoms with Crippen molar-refractivity contribution in [3.05, 3.63) is 60.2 Å². The summed E-state index contributed by atoms with van der Waals surface area (Å²) in [6.07, 6.45) is -0.0934. The van der Waals surface area contributed by atoms with Crippen LogP contribution in [0, 0.1) is 6.92 Å². The zero-order valence-corrected chi connectivity index (χ0v) is 14.0. The molecular weight excluding hydrogens is 320 g/mol. The predicted octanol–water partition coefficient (Wildman–Crippen LogP) is 2.90. The van der Waals surface area contributed by atoms with E-state index < -0.39 is 11.9 Å². The number of ether oxygens (including phenoxy) is 1. The topological polar surface area (TPSA) is 84.5 Å². The molecule has 130 valence electrons. The van der Waals surface area contributed by atoms with Crippen LogP contribution in [0.25, 0.3) is 0 Å². The number of hydrogen-bond acceptors (Lipinski definition) is 4. The molecule has 0 radical (unpaired) electrons. The van der Waals surface area contributed by atoms with Gasteiger partial charge >= 0.3 is 5.97 Å². The Hall–Kier alpha value is -3.15. The highest BCUT2D eigenvalue weighted by molar-refractivity contribution is 5.94. The van der Waals surface area contributed by atoms with Crippen LogP contribution in [0.15, 0.2) is 54.6 Å². The van der Waals surface area contributed by atoms with Gasteiger partial charge in [0.05, 0.1) is 6.42 Å². The van der Waals surface area contributed by atoms with Crippen molar-refractivity contribution in [3.8, 4) is 0 Å². The van der Waals surface area contributed by atoms with Gasteiger partial charge in [-0.1, -0.05) is 36.4 Å². The maximum atomic E-state index is 11.9. The number of rotatable bonds is 7. The number of para-hydroxylation sites is 2. The van der Waals surface area contributed by atoms with Gasteiger partial charge in [-0.2, -0.15) is 0 Å². The Morgan fingerprint density at radius 3 is 2.24 bits per heavy atom. The fourth-order valence-corrected chi connectivity index (χ4v) is 2.08. The lowest BCUT2D eigenvalue weighted by molar-refractivity contribution is -0.147. The fraction of sp³-hybridized carbons (Fsp3) is 0.211. The largest absolute Gasteiger partial charge is 0.456 e. The highest BCUT2D eigenvalue weighted by atomic mass is 16.5. The second kappa shape index (κ2) is 9.22. The van der Waals surface area contributed by atoms with Gasteiger partial charge in [-0.3, -0.25) is 14.4 Å². The molecule has 2 amide bonds.